The zero-order chi connectivity index (χ0) is 30.3. The molecule has 0 amide bonds. The Morgan fingerprint density at radius 3 is 1.49 bits per heavy atom. The fourth-order valence-electron chi connectivity index (χ4n) is 5.76. The molecule has 0 saturated carbocycles. The smallest absolute Gasteiger partial charge is 0.550 e. The number of allylic oxidation sites excluding steroid dienone is 4. The SMILES string of the molecule is C=Cc1c(C)c2cc3[nH]c(cc4nc(cc5nc(cc1[nH]2)C(C)=C5CCC(=O)[O-])C(CCC(=O)[O-])=C4C)c(C)c3C=C.[Yb+2]. The first-order chi connectivity index (χ1) is 20.0. The Balaban J connectivity index is 0.00000423. The minimum Gasteiger partial charge on any atom is -0.550 e. The zero-order valence-electron chi connectivity index (χ0n) is 24.5. The molecule has 3 aromatic rings. The quantitative estimate of drug-likeness (QED) is 0.329. The number of rotatable bonds is 8. The molecule has 8 bridgehead atoms. The first-order valence-electron chi connectivity index (χ1n) is 13.8. The fraction of sp³-hybridized carbons (Fsp3) is 0.235. The summed E-state index contributed by atoms with van der Waals surface area (Å²) in [6.07, 6.45) is 3.79. The molecule has 0 spiro atoms. The number of aliphatic carboxylic acids is 2. The number of hydrogen-bond donors (Lipinski definition) is 2. The molecule has 0 radical (unpaired) electrons. The number of fused-ring (bicyclic) bond motifs is 8. The van der Waals surface area contributed by atoms with Crippen LogP contribution < -0.4 is 10.2 Å². The molecule has 43 heavy (non-hydrogen) atoms. The van der Waals surface area contributed by atoms with E-state index in [9.17, 15) is 19.8 Å². The van der Waals surface area contributed by atoms with Gasteiger partial charge in [0, 0.05) is 45.1 Å². The van der Waals surface area contributed by atoms with Crippen molar-refractivity contribution in [3.8, 4) is 0 Å². The van der Waals surface area contributed by atoms with E-state index in [4.69, 9.17) is 9.97 Å². The maximum Gasteiger partial charge on any atom is 2.00 e. The monoisotopic (exact) mass is 734 g/mol. The van der Waals surface area contributed by atoms with Crippen LogP contribution in [0, 0.1) is 60.8 Å². The number of nitrogens with one attached hydrogen (secondary N) is 2. The summed E-state index contributed by atoms with van der Waals surface area (Å²) in [4.78, 5) is 39.7. The van der Waals surface area contributed by atoms with Crippen molar-refractivity contribution in [1.82, 2.24) is 19.9 Å². The molecule has 2 N–H and O–H groups in total. The number of H-pyrrole nitrogens is 2. The van der Waals surface area contributed by atoms with Gasteiger partial charge in [0.25, 0.3) is 0 Å². The van der Waals surface area contributed by atoms with Crippen LogP contribution in [0.25, 0.3) is 56.5 Å². The number of nitrogens with zero attached hydrogens (tertiary/aromatic N) is 2. The summed E-state index contributed by atoms with van der Waals surface area (Å²) in [5.74, 6) is -2.29. The van der Waals surface area contributed by atoms with E-state index in [2.05, 4.69) is 23.1 Å². The van der Waals surface area contributed by atoms with Gasteiger partial charge in [-0.2, -0.15) is 0 Å². The van der Waals surface area contributed by atoms with Gasteiger partial charge in [0.15, 0.2) is 0 Å². The molecule has 0 saturated heterocycles. The van der Waals surface area contributed by atoms with Gasteiger partial charge in [-0.1, -0.05) is 25.3 Å². The molecule has 2 aliphatic heterocycles. The Kier molecular flexibility index (Phi) is 9.84. The van der Waals surface area contributed by atoms with Crippen molar-refractivity contribution in [3.05, 3.63) is 82.5 Å². The normalized spacial score (nSPS) is 12.7. The van der Waals surface area contributed by atoms with E-state index in [1.165, 1.54) is 0 Å². The van der Waals surface area contributed by atoms with Gasteiger partial charge >= 0.3 is 46.9 Å². The Labute approximate surface area is 288 Å². The Bertz CT molecular complexity index is 1920. The van der Waals surface area contributed by atoms with E-state index in [1.54, 1.807) is 6.08 Å². The molecule has 3 aromatic heterocycles. The summed E-state index contributed by atoms with van der Waals surface area (Å²) in [7, 11) is 0. The topological polar surface area (TPSA) is 138 Å². The van der Waals surface area contributed by atoms with E-state index in [-0.39, 0.29) is 72.6 Å². The van der Waals surface area contributed by atoms with Crippen molar-refractivity contribution in [3.63, 3.8) is 0 Å². The Hall–Kier alpha value is -3.46. The van der Waals surface area contributed by atoms with Crippen LogP contribution in [0.2, 0.25) is 0 Å². The van der Waals surface area contributed by atoms with Gasteiger partial charge in [-0.15, -0.1) is 0 Å². The number of aryl methyl sites for hydroxylation is 2. The summed E-state index contributed by atoms with van der Waals surface area (Å²) < 4.78 is 0. The van der Waals surface area contributed by atoms with Crippen molar-refractivity contribution >= 4 is 68.4 Å². The zero-order valence-corrected chi connectivity index (χ0v) is 26.2. The molecule has 0 aliphatic carbocycles. The van der Waals surface area contributed by atoms with E-state index in [1.807, 2.05) is 58.0 Å². The maximum atomic E-state index is 11.4. The first kappa shape index (κ1) is 32.5. The van der Waals surface area contributed by atoms with Crippen LogP contribution in [0.15, 0.2) is 37.4 Å². The molecule has 8 nitrogen and oxygen atoms in total. The minimum atomic E-state index is -1.15. The average molecular weight is 734 g/mol. The minimum absolute atomic E-state index is 0. The summed E-state index contributed by atoms with van der Waals surface area (Å²) in [5.41, 5.74) is 13.3. The van der Waals surface area contributed by atoms with Crippen molar-refractivity contribution in [2.45, 2.75) is 53.4 Å². The third-order valence-corrected chi connectivity index (χ3v) is 8.20. The molecule has 0 unspecified atom stereocenters. The molecule has 2 aliphatic rings. The van der Waals surface area contributed by atoms with Crippen LogP contribution in [-0.4, -0.2) is 31.9 Å². The second kappa shape index (κ2) is 13.0. The van der Waals surface area contributed by atoms with Crippen LogP contribution in [-0.2, 0) is 9.59 Å². The number of carbonyl (C=O) groups is 2. The molecule has 5 rings (SSSR count). The maximum absolute atomic E-state index is 11.4. The number of carboxylic acids is 2. The third kappa shape index (κ3) is 6.28. The van der Waals surface area contributed by atoms with Gasteiger partial charge in [0.05, 0.1) is 22.8 Å². The van der Waals surface area contributed by atoms with Gasteiger partial charge in [-0.3, -0.25) is 0 Å². The second-order valence-corrected chi connectivity index (χ2v) is 10.7. The third-order valence-electron chi connectivity index (χ3n) is 8.20. The van der Waals surface area contributed by atoms with Crippen LogP contribution >= 0.6 is 0 Å². The number of carbonyl (C=O) groups excluding carboxylic acids is 2. The second-order valence-electron chi connectivity index (χ2n) is 10.7. The summed E-state index contributed by atoms with van der Waals surface area (Å²) in [6, 6.07) is 7.78. The van der Waals surface area contributed by atoms with Crippen LogP contribution in [0.5, 0.6) is 0 Å². The number of carboxylic acid groups (broad SMARTS) is 2. The molecule has 0 fully saturated rings. The summed E-state index contributed by atoms with van der Waals surface area (Å²) in [5, 5.41) is 22.8. The molecular weight excluding hydrogens is 701 g/mol. The Morgan fingerprint density at radius 1 is 0.674 bits per heavy atom. The van der Waals surface area contributed by atoms with Gasteiger partial charge in [0.1, 0.15) is 0 Å². The molecule has 9 heteroatoms. The van der Waals surface area contributed by atoms with Crippen molar-refractivity contribution in [1.29, 1.82) is 0 Å². The van der Waals surface area contributed by atoms with Crippen LogP contribution in [0.4, 0.5) is 0 Å². The van der Waals surface area contributed by atoms with E-state index in [0.717, 1.165) is 66.6 Å². The van der Waals surface area contributed by atoms with Crippen molar-refractivity contribution in [2.75, 3.05) is 0 Å². The van der Waals surface area contributed by atoms with E-state index < -0.39 is 11.9 Å². The molecule has 5 heterocycles. The van der Waals surface area contributed by atoms with Gasteiger partial charge < -0.3 is 29.8 Å². The van der Waals surface area contributed by atoms with E-state index >= 15 is 0 Å². The largest absolute Gasteiger partial charge is 2.00 e. The van der Waals surface area contributed by atoms with Gasteiger partial charge in [-0.25, -0.2) is 9.97 Å². The molecular formula is C34H32N4O4Yb. The van der Waals surface area contributed by atoms with Gasteiger partial charge in [0.2, 0.25) is 0 Å². The molecule has 0 aromatic carbocycles. The summed E-state index contributed by atoms with van der Waals surface area (Å²) in [6.45, 7) is 16.0. The molecule has 0 atom stereocenters. The number of aromatic amines is 2. The first-order valence-corrected chi connectivity index (χ1v) is 13.8. The summed E-state index contributed by atoms with van der Waals surface area (Å²) >= 11 is 0. The van der Waals surface area contributed by atoms with Crippen LogP contribution in [0.3, 0.4) is 0 Å². The van der Waals surface area contributed by atoms with Crippen molar-refractivity contribution < 1.29 is 66.7 Å². The van der Waals surface area contributed by atoms with E-state index in [0.29, 0.717) is 22.8 Å². The number of hydrogen-bond acceptors (Lipinski definition) is 6. The average Bonchev–Trinajstić information content (AvgIpc) is 3.59. The van der Waals surface area contributed by atoms with Gasteiger partial charge in [-0.05, 0) is 111 Å². The fourth-order valence-corrected chi connectivity index (χ4v) is 5.76. The molecule has 226 valence electrons. The Morgan fingerprint density at radius 2 is 1.07 bits per heavy atom. The van der Waals surface area contributed by atoms with Crippen LogP contribution in [0.1, 0.15) is 84.6 Å². The predicted molar refractivity (Wildman–Crippen MR) is 164 cm³/mol. The van der Waals surface area contributed by atoms with Crippen molar-refractivity contribution in [2.24, 2.45) is 0 Å². The standard InChI is InChI=1S/C34H34N4O4.Yb/c1-7-21-17(3)25-13-26-19(5)23(9-11-33(39)40)31(37-26)16-32-24(10-12-34(41)42)20(6)28(38-32)15-30-22(8-2)18(4)27(36-30)14-29(21)35-25;/h7-8,13-16,35-36H,1-2,9-12H2,3-6H3,(H,39,40)(H,41,42);/q;+2/p-2. The predicted octanol–water partition coefficient (Wildman–Crippen LogP) is 5.14. The number of aromatic nitrogens is 4.